The summed E-state index contributed by atoms with van der Waals surface area (Å²) in [6.45, 7) is 3.21. The van der Waals surface area contributed by atoms with E-state index in [1.807, 2.05) is 48.5 Å². The molecule has 1 aliphatic heterocycles. The Hall–Kier alpha value is -3.45. The molecule has 2 aliphatic rings. The third-order valence-corrected chi connectivity index (χ3v) is 8.26. The highest BCUT2D eigenvalue weighted by Gasteiger charge is 2.44. The Morgan fingerprint density at radius 3 is 2.67 bits per heavy atom. The first kappa shape index (κ1) is 28.1. The molecule has 1 unspecified atom stereocenters. The van der Waals surface area contributed by atoms with Crippen LogP contribution in [0.3, 0.4) is 0 Å². The fraction of sp³-hybridized carbons (Fsp3) is 0.429. The normalized spacial score (nSPS) is 22.7. The van der Waals surface area contributed by atoms with Gasteiger partial charge in [-0.3, -0.25) is 14.5 Å². The van der Waals surface area contributed by atoms with Gasteiger partial charge in [0.25, 0.3) is 5.91 Å². The van der Waals surface area contributed by atoms with Crippen molar-refractivity contribution in [2.45, 2.75) is 44.1 Å². The predicted molar refractivity (Wildman–Crippen MR) is 158 cm³/mol. The summed E-state index contributed by atoms with van der Waals surface area (Å²) in [6, 6.07) is 10.1. The number of hydrogen-bond acceptors (Lipinski definition) is 9. The number of anilines is 2. The van der Waals surface area contributed by atoms with Crippen molar-refractivity contribution in [1.82, 2.24) is 24.7 Å². The molecule has 1 aliphatic carbocycles. The molecule has 1 aromatic carbocycles. The molecular formula is C28H37N7O4S. The molecular weight excluding hydrogens is 530 g/mol. The molecule has 40 heavy (non-hydrogen) atoms. The lowest BCUT2D eigenvalue weighted by Crippen LogP contribution is -2.52. The third kappa shape index (κ3) is 5.57. The first-order valence-corrected chi connectivity index (χ1v) is 15.5. The van der Waals surface area contributed by atoms with Crippen molar-refractivity contribution < 1.29 is 18.5 Å². The van der Waals surface area contributed by atoms with Crippen molar-refractivity contribution in [2.24, 2.45) is 0 Å². The number of para-hydroxylation sites is 1. The number of rotatable bonds is 9. The number of carbonyl (C=O) groups excluding carboxylic acids is 1. The van der Waals surface area contributed by atoms with Crippen LogP contribution >= 0.6 is 0 Å². The maximum Gasteiger partial charge on any atom is 0.263 e. The Morgan fingerprint density at radius 2 is 2.00 bits per heavy atom. The van der Waals surface area contributed by atoms with Crippen LogP contribution in [-0.4, -0.2) is 69.3 Å². The zero-order valence-corrected chi connectivity index (χ0v) is 24.0. The molecule has 0 bridgehead atoms. The number of nitrogen functional groups attached to an aromatic ring is 1. The summed E-state index contributed by atoms with van der Waals surface area (Å²) in [4.78, 5) is 18.3. The quantitative estimate of drug-likeness (QED) is 0.263. The molecule has 1 fully saturated rings. The molecule has 1 amide bonds. The maximum absolute atomic E-state index is 13.2. The van der Waals surface area contributed by atoms with Gasteiger partial charge in [0.15, 0.2) is 5.65 Å². The highest BCUT2D eigenvalue weighted by Crippen LogP contribution is 2.42. The Labute approximate surface area is 234 Å². The summed E-state index contributed by atoms with van der Waals surface area (Å²) >= 11 is 0. The van der Waals surface area contributed by atoms with E-state index in [9.17, 15) is 9.00 Å². The zero-order valence-electron chi connectivity index (χ0n) is 23.2. The molecule has 1 saturated carbocycles. The number of methoxy groups -OCH3 is 1. The number of carbonyl (C=O) groups is 1. The van der Waals surface area contributed by atoms with E-state index in [1.54, 1.807) is 11.6 Å². The summed E-state index contributed by atoms with van der Waals surface area (Å²) in [6.07, 6.45) is 7.48. The smallest absolute Gasteiger partial charge is 0.263 e. The average Bonchev–Trinajstić information content (AvgIpc) is 3.58. The monoisotopic (exact) mass is 567 g/mol. The van der Waals surface area contributed by atoms with Gasteiger partial charge in [-0.2, -0.15) is 9.61 Å². The van der Waals surface area contributed by atoms with Crippen molar-refractivity contribution in [3.8, 4) is 0 Å². The van der Waals surface area contributed by atoms with E-state index in [4.69, 9.17) is 20.2 Å². The zero-order chi connectivity index (χ0) is 28.5. The van der Waals surface area contributed by atoms with E-state index in [0.717, 1.165) is 28.1 Å². The second-order valence-electron chi connectivity index (χ2n) is 10.5. The number of hydrazine groups is 1. The topological polar surface area (TPSA) is 136 Å². The lowest BCUT2D eigenvalue weighted by molar-refractivity contribution is -0.152. The van der Waals surface area contributed by atoms with E-state index >= 15 is 0 Å². The van der Waals surface area contributed by atoms with Crippen molar-refractivity contribution in [2.75, 3.05) is 43.9 Å². The Balaban J connectivity index is 1.42. The molecule has 0 spiro atoms. The van der Waals surface area contributed by atoms with Gasteiger partial charge in [0.05, 0.1) is 30.8 Å². The molecule has 1 atom stereocenters. The Kier molecular flexibility index (Phi) is 7.87. The lowest BCUT2D eigenvalue weighted by Gasteiger charge is -2.39. The van der Waals surface area contributed by atoms with Gasteiger partial charge in [-0.25, -0.2) is 14.6 Å². The molecule has 0 saturated heterocycles. The maximum atomic E-state index is 13.2. The number of nitrogens with one attached hydrogen (secondary N) is 2. The van der Waals surface area contributed by atoms with Gasteiger partial charge in [0, 0.05) is 52.9 Å². The summed E-state index contributed by atoms with van der Waals surface area (Å²) in [5, 5.41) is 6.55. The highest BCUT2D eigenvalue weighted by atomic mass is 32.2. The number of fused-ring (bicyclic) bond motifs is 1. The summed E-state index contributed by atoms with van der Waals surface area (Å²) in [7, 11) is -1.15. The third-order valence-electron chi connectivity index (χ3n) is 7.64. The Bertz CT molecular complexity index is 1530. The van der Waals surface area contributed by atoms with Crippen LogP contribution in [0, 0.1) is 6.92 Å². The summed E-state index contributed by atoms with van der Waals surface area (Å²) in [5.41, 5.74) is 14.4. The second-order valence-corrected chi connectivity index (χ2v) is 12.8. The van der Waals surface area contributed by atoms with Crippen LogP contribution in [0.4, 0.5) is 11.5 Å². The standard InChI is InChI=1S/C28H37N7O4S/c1-19-24(20-10-12-28(13-11-20,39-15-14-38-2)27(36)33-40(3,4)37)32-26-23(17-31-35(26)25(19)29)21-16-30-34(18-21)22-8-6-5-7-9-22/h5-9,17-18,20,30H,3,10-16,29H2,1-2,4H3,(H,33,36,37). The van der Waals surface area contributed by atoms with Crippen molar-refractivity contribution in [1.29, 1.82) is 0 Å². The Morgan fingerprint density at radius 1 is 1.27 bits per heavy atom. The highest BCUT2D eigenvalue weighted by molar-refractivity contribution is 7.98. The molecule has 3 aromatic rings. The van der Waals surface area contributed by atoms with Crippen LogP contribution in [0.25, 0.3) is 11.2 Å². The van der Waals surface area contributed by atoms with Crippen molar-refractivity contribution in [3.63, 3.8) is 0 Å². The first-order valence-electron chi connectivity index (χ1n) is 13.3. The average molecular weight is 568 g/mol. The van der Waals surface area contributed by atoms with Crippen LogP contribution < -0.4 is 20.9 Å². The van der Waals surface area contributed by atoms with Gasteiger partial charge in [0.2, 0.25) is 0 Å². The molecule has 214 valence electrons. The number of aromatic nitrogens is 3. The van der Waals surface area contributed by atoms with E-state index in [1.165, 1.54) is 6.26 Å². The number of nitrogens with two attached hydrogens (primary N) is 1. The summed E-state index contributed by atoms with van der Waals surface area (Å²) in [5.74, 6) is 3.80. The fourth-order valence-corrected chi connectivity index (χ4v) is 6.06. The van der Waals surface area contributed by atoms with E-state index in [-0.39, 0.29) is 12.5 Å². The number of amides is 1. The van der Waals surface area contributed by atoms with Crippen LogP contribution in [0.5, 0.6) is 0 Å². The number of hydrogen-bond donors (Lipinski definition) is 3. The van der Waals surface area contributed by atoms with E-state index in [2.05, 4.69) is 27.3 Å². The van der Waals surface area contributed by atoms with Gasteiger partial charge in [0.1, 0.15) is 11.4 Å². The van der Waals surface area contributed by atoms with Gasteiger partial charge in [-0.15, -0.1) is 0 Å². The molecule has 3 heterocycles. The lowest BCUT2D eigenvalue weighted by atomic mass is 9.76. The molecule has 2 aromatic heterocycles. The van der Waals surface area contributed by atoms with Crippen LogP contribution in [0.1, 0.15) is 48.4 Å². The van der Waals surface area contributed by atoms with Crippen LogP contribution in [-0.2, 0) is 24.0 Å². The number of ether oxygens (including phenoxy) is 2. The second kappa shape index (κ2) is 11.2. The molecule has 5 rings (SSSR count). The molecule has 4 N–H and O–H groups in total. The van der Waals surface area contributed by atoms with E-state index < -0.39 is 21.2 Å². The first-order chi connectivity index (χ1) is 19.1. The SMILES string of the molecule is C=S(C)(=O)NC(=O)C1(OCCOC)CCC(c2nc3c(C4=CN(c5ccccc5)NC4)cnn3c(N)c2C)CC1. The van der Waals surface area contributed by atoms with Gasteiger partial charge in [-0.1, -0.05) is 18.2 Å². The summed E-state index contributed by atoms with van der Waals surface area (Å²) < 4.78 is 27.7. The fourth-order valence-electron chi connectivity index (χ4n) is 5.48. The molecule has 11 nitrogen and oxygen atoms in total. The van der Waals surface area contributed by atoms with Crippen LogP contribution in [0.2, 0.25) is 0 Å². The van der Waals surface area contributed by atoms with E-state index in [0.29, 0.717) is 50.3 Å². The van der Waals surface area contributed by atoms with Gasteiger partial charge in [-0.05, 0) is 56.2 Å². The molecule has 0 radical (unpaired) electrons. The number of nitrogens with zero attached hydrogens (tertiary/aromatic N) is 4. The largest absolute Gasteiger partial charge is 0.383 e. The molecule has 12 heteroatoms. The van der Waals surface area contributed by atoms with Crippen LogP contribution in [0.15, 0.2) is 42.7 Å². The van der Waals surface area contributed by atoms with Gasteiger partial charge >= 0.3 is 0 Å². The van der Waals surface area contributed by atoms with Crippen molar-refractivity contribution >= 4 is 44.2 Å². The minimum atomic E-state index is -2.74. The predicted octanol–water partition coefficient (Wildman–Crippen LogP) is 2.42. The van der Waals surface area contributed by atoms with Gasteiger partial charge < -0.3 is 15.2 Å². The minimum Gasteiger partial charge on any atom is -0.383 e. The minimum absolute atomic E-state index is 0.0734. The van der Waals surface area contributed by atoms with Crippen molar-refractivity contribution in [3.05, 3.63) is 59.5 Å². The number of benzene rings is 1.